The van der Waals surface area contributed by atoms with Crippen molar-refractivity contribution in [3.05, 3.63) is 27.7 Å². The van der Waals surface area contributed by atoms with E-state index in [2.05, 4.69) is 40.3 Å². The maximum atomic E-state index is 5.86. The van der Waals surface area contributed by atoms with Gasteiger partial charge in [0.25, 0.3) is 0 Å². The predicted octanol–water partition coefficient (Wildman–Crippen LogP) is 4.09. The third kappa shape index (κ3) is 3.56. The van der Waals surface area contributed by atoms with Crippen molar-refractivity contribution in [3.63, 3.8) is 0 Å². The van der Waals surface area contributed by atoms with Gasteiger partial charge in [0, 0.05) is 16.9 Å². The molecule has 110 valence electrons. The molecule has 0 bridgehead atoms. The number of nitrogens with one attached hydrogen (secondary N) is 1. The van der Waals surface area contributed by atoms with Gasteiger partial charge in [0.05, 0.1) is 6.61 Å². The van der Waals surface area contributed by atoms with E-state index in [1.54, 1.807) is 0 Å². The molecule has 1 aliphatic carbocycles. The van der Waals surface area contributed by atoms with Gasteiger partial charge < -0.3 is 10.1 Å². The van der Waals surface area contributed by atoms with Crippen LogP contribution in [0.2, 0.25) is 0 Å². The van der Waals surface area contributed by atoms with E-state index in [-0.39, 0.29) is 0 Å². The van der Waals surface area contributed by atoms with Crippen molar-refractivity contribution in [3.8, 4) is 5.75 Å². The average molecular weight is 338 g/mol. The first-order chi connectivity index (χ1) is 9.76. The first kappa shape index (κ1) is 14.4. The third-order valence-corrected chi connectivity index (χ3v) is 4.75. The summed E-state index contributed by atoms with van der Waals surface area (Å²) in [5.74, 6) is 2.12. The number of ether oxygens (including phenoxy) is 1. The molecular formula is C17H24BrNO. The van der Waals surface area contributed by atoms with Gasteiger partial charge in [-0.3, -0.25) is 0 Å². The van der Waals surface area contributed by atoms with Crippen LogP contribution in [0, 0.1) is 5.92 Å². The highest BCUT2D eigenvalue weighted by Gasteiger charge is 2.27. The zero-order valence-electron chi connectivity index (χ0n) is 12.3. The Bertz CT molecular complexity index is 470. The number of hydrogen-bond acceptors (Lipinski definition) is 2. The van der Waals surface area contributed by atoms with E-state index in [9.17, 15) is 0 Å². The molecule has 1 fully saturated rings. The lowest BCUT2D eigenvalue weighted by Crippen LogP contribution is -2.32. The largest absolute Gasteiger partial charge is 0.493 e. The summed E-state index contributed by atoms with van der Waals surface area (Å²) < 4.78 is 7.05. The minimum atomic E-state index is 0.602. The smallest absolute Gasteiger partial charge is 0.125 e. The molecule has 1 atom stereocenters. The van der Waals surface area contributed by atoms with Gasteiger partial charge in [0.1, 0.15) is 5.75 Å². The molecular weight excluding hydrogens is 314 g/mol. The molecule has 3 heteroatoms. The number of benzene rings is 1. The summed E-state index contributed by atoms with van der Waals surface area (Å²) in [7, 11) is 0. The molecule has 1 aliphatic heterocycles. The van der Waals surface area contributed by atoms with Gasteiger partial charge in [-0.15, -0.1) is 0 Å². The highest BCUT2D eigenvalue weighted by Crippen LogP contribution is 2.37. The molecule has 1 saturated carbocycles. The van der Waals surface area contributed by atoms with Crippen LogP contribution in [0.4, 0.5) is 0 Å². The summed E-state index contributed by atoms with van der Waals surface area (Å²) in [4.78, 5) is 0. The summed E-state index contributed by atoms with van der Waals surface area (Å²) in [5.41, 5.74) is 2.75. The Hall–Kier alpha value is -0.540. The van der Waals surface area contributed by atoms with Crippen LogP contribution in [0.3, 0.4) is 0 Å². The Morgan fingerprint density at radius 3 is 3.00 bits per heavy atom. The molecule has 0 saturated heterocycles. The van der Waals surface area contributed by atoms with Crippen molar-refractivity contribution >= 4 is 15.9 Å². The molecule has 20 heavy (non-hydrogen) atoms. The summed E-state index contributed by atoms with van der Waals surface area (Å²) in [5, 5.41) is 3.73. The Labute approximate surface area is 130 Å². The predicted molar refractivity (Wildman–Crippen MR) is 86.5 cm³/mol. The first-order valence-corrected chi connectivity index (χ1v) is 8.73. The maximum Gasteiger partial charge on any atom is 0.125 e. The number of hydrogen-bond donors (Lipinski definition) is 1. The lowest BCUT2D eigenvalue weighted by atomic mass is 9.98. The topological polar surface area (TPSA) is 21.3 Å². The Morgan fingerprint density at radius 1 is 1.40 bits per heavy atom. The number of halogens is 1. The zero-order valence-corrected chi connectivity index (χ0v) is 13.8. The quantitative estimate of drug-likeness (QED) is 0.808. The van der Waals surface area contributed by atoms with Crippen LogP contribution in [0.25, 0.3) is 0 Å². The van der Waals surface area contributed by atoms with E-state index in [1.807, 2.05) is 0 Å². The Kier molecular flexibility index (Phi) is 4.67. The van der Waals surface area contributed by atoms with E-state index >= 15 is 0 Å². The molecule has 1 aromatic rings. The molecule has 2 nitrogen and oxygen atoms in total. The second-order valence-corrected chi connectivity index (χ2v) is 7.10. The Balaban J connectivity index is 1.73. The molecule has 1 N–H and O–H groups in total. The molecule has 0 aromatic heterocycles. The standard InChI is InChI=1S/C17H24BrNO/c1-2-6-19-16(8-12-3-4-12)11-14-10-15(18)9-13-5-7-20-17(13)14/h9-10,12,16,19H,2-8,11H2,1H3. The second kappa shape index (κ2) is 6.48. The van der Waals surface area contributed by atoms with Gasteiger partial charge in [-0.2, -0.15) is 0 Å². The highest BCUT2D eigenvalue weighted by molar-refractivity contribution is 9.10. The second-order valence-electron chi connectivity index (χ2n) is 6.19. The maximum absolute atomic E-state index is 5.86. The van der Waals surface area contributed by atoms with Gasteiger partial charge >= 0.3 is 0 Å². The minimum absolute atomic E-state index is 0.602. The molecule has 1 unspecified atom stereocenters. The Morgan fingerprint density at radius 2 is 2.25 bits per heavy atom. The summed E-state index contributed by atoms with van der Waals surface area (Å²) in [6, 6.07) is 5.06. The van der Waals surface area contributed by atoms with Crippen molar-refractivity contribution in [2.24, 2.45) is 5.92 Å². The lowest BCUT2D eigenvalue weighted by molar-refractivity contribution is 0.350. The van der Waals surface area contributed by atoms with Crippen LogP contribution in [0.5, 0.6) is 5.75 Å². The molecule has 0 amide bonds. The molecule has 1 heterocycles. The average Bonchev–Trinajstić information content (AvgIpc) is 3.11. The van der Waals surface area contributed by atoms with Crippen molar-refractivity contribution in [1.82, 2.24) is 5.32 Å². The molecule has 2 aliphatic rings. The lowest BCUT2D eigenvalue weighted by Gasteiger charge is -2.20. The van der Waals surface area contributed by atoms with Crippen LogP contribution in [0.15, 0.2) is 16.6 Å². The van der Waals surface area contributed by atoms with E-state index in [0.29, 0.717) is 6.04 Å². The normalized spacial score (nSPS) is 18.7. The van der Waals surface area contributed by atoms with Gasteiger partial charge in [0.15, 0.2) is 0 Å². The fourth-order valence-corrected chi connectivity index (χ4v) is 3.66. The minimum Gasteiger partial charge on any atom is -0.493 e. The molecule has 3 rings (SSSR count). The molecule has 0 spiro atoms. The van der Waals surface area contributed by atoms with Gasteiger partial charge in [0.2, 0.25) is 0 Å². The van der Waals surface area contributed by atoms with Gasteiger partial charge in [-0.05, 0) is 55.0 Å². The monoisotopic (exact) mass is 337 g/mol. The molecule has 1 aromatic carbocycles. The van der Waals surface area contributed by atoms with Crippen LogP contribution in [-0.2, 0) is 12.8 Å². The molecule has 0 radical (unpaired) electrons. The van der Waals surface area contributed by atoms with Crippen molar-refractivity contribution in [1.29, 1.82) is 0 Å². The van der Waals surface area contributed by atoms with Crippen LogP contribution < -0.4 is 10.1 Å². The van der Waals surface area contributed by atoms with E-state index in [0.717, 1.165) is 37.7 Å². The zero-order chi connectivity index (χ0) is 13.9. The van der Waals surface area contributed by atoms with Gasteiger partial charge in [-0.25, -0.2) is 0 Å². The number of fused-ring (bicyclic) bond motifs is 1. The van der Waals surface area contributed by atoms with E-state index in [4.69, 9.17) is 4.74 Å². The summed E-state index contributed by atoms with van der Waals surface area (Å²) >= 11 is 3.65. The van der Waals surface area contributed by atoms with Crippen molar-refractivity contribution < 1.29 is 4.74 Å². The fraction of sp³-hybridized carbons (Fsp3) is 0.647. The first-order valence-electron chi connectivity index (χ1n) is 7.93. The fourth-order valence-electron chi connectivity index (χ4n) is 3.11. The third-order valence-electron chi connectivity index (χ3n) is 4.29. The van der Waals surface area contributed by atoms with Crippen molar-refractivity contribution in [2.75, 3.05) is 13.2 Å². The van der Waals surface area contributed by atoms with Crippen LogP contribution in [-0.4, -0.2) is 19.2 Å². The van der Waals surface area contributed by atoms with Gasteiger partial charge in [-0.1, -0.05) is 35.7 Å². The van der Waals surface area contributed by atoms with Crippen molar-refractivity contribution in [2.45, 2.75) is 51.5 Å². The van der Waals surface area contributed by atoms with Crippen LogP contribution in [0.1, 0.15) is 43.7 Å². The van der Waals surface area contributed by atoms with E-state index in [1.165, 1.54) is 41.3 Å². The SMILES string of the molecule is CCCNC(Cc1cc(Br)cc2c1OCC2)CC1CC1. The van der Waals surface area contributed by atoms with Crippen LogP contribution >= 0.6 is 15.9 Å². The number of rotatable bonds is 7. The summed E-state index contributed by atoms with van der Waals surface area (Å²) in [6.07, 6.45) is 7.53. The summed E-state index contributed by atoms with van der Waals surface area (Å²) in [6.45, 7) is 4.20. The van der Waals surface area contributed by atoms with E-state index < -0.39 is 0 Å². The highest BCUT2D eigenvalue weighted by atomic mass is 79.9.